The lowest BCUT2D eigenvalue weighted by molar-refractivity contribution is 0.199. The summed E-state index contributed by atoms with van der Waals surface area (Å²) in [5, 5.41) is 3.48. The molecular formula is C16H23N5. The van der Waals surface area contributed by atoms with Gasteiger partial charge in [-0.05, 0) is 32.0 Å². The maximum absolute atomic E-state index is 4.87. The topological polar surface area (TPSA) is 35.8 Å². The third-order valence-corrected chi connectivity index (χ3v) is 4.77. The highest BCUT2D eigenvalue weighted by Crippen LogP contribution is 2.25. The van der Waals surface area contributed by atoms with Gasteiger partial charge in [0.05, 0.1) is 11.7 Å². The van der Waals surface area contributed by atoms with Crippen LogP contribution in [0.3, 0.4) is 0 Å². The number of imidazole rings is 1. The van der Waals surface area contributed by atoms with Crippen LogP contribution in [0.15, 0.2) is 24.4 Å². The molecule has 4 rings (SSSR count). The number of pyridine rings is 1. The van der Waals surface area contributed by atoms with Crippen LogP contribution in [0.5, 0.6) is 0 Å². The molecule has 5 nitrogen and oxygen atoms in total. The van der Waals surface area contributed by atoms with Crippen molar-refractivity contribution in [2.45, 2.75) is 18.9 Å². The number of aromatic nitrogens is 2. The summed E-state index contributed by atoms with van der Waals surface area (Å²) in [4.78, 5) is 9.74. The van der Waals surface area contributed by atoms with E-state index in [-0.39, 0.29) is 0 Å². The Morgan fingerprint density at radius 2 is 2.05 bits per heavy atom. The lowest BCUT2D eigenvalue weighted by atomic mass is 10.1. The number of likely N-dealkylation sites (N-methyl/N-ethyl adjacent to an activating group) is 1. The van der Waals surface area contributed by atoms with Crippen LogP contribution in [-0.4, -0.2) is 54.1 Å². The first-order valence-corrected chi connectivity index (χ1v) is 7.97. The normalized spacial score (nSPS) is 24.0. The minimum Gasteiger partial charge on any atom is -0.358 e. The lowest BCUT2D eigenvalue weighted by Crippen LogP contribution is -2.43. The second kappa shape index (κ2) is 5.31. The highest BCUT2D eigenvalue weighted by molar-refractivity contribution is 5.53. The van der Waals surface area contributed by atoms with Gasteiger partial charge in [0.25, 0.3) is 0 Å². The minimum atomic E-state index is 0.380. The van der Waals surface area contributed by atoms with Crippen molar-refractivity contribution in [3.8, 4) is 0 Å². The largest absolute Gasteiger partial charge is 0.358 e. The van der Waals surface area contributed by atoms with Crippen molar-refractivity contribution in [2.24, 2.45) is 0 Å². The van der Waals surface area contributed by atoms with Crippen LogP contribution in [-0.2, 0) is 0 Å². The van der Waals surface area contributed by atoms with Gasteiger partial charge in [0.2, 0.25) is 0 Å². The summed E-state index contributed by atoms with van der Waals surface area (Å²) in [5.41, 5.74) is 2.24. The molecule has 0 aromatic carbocycles. The Hall–Kier alpha value is -1.59. The van der Waals surface area contributed by atoms with Crippen molar-refractivity contribution >= 4 is 11.5 Å². The molecule has 4 heterocycles. The molecular weight excluding hydrogens is 262 g/mol. The number of nitrogens with one attached hydrogen (secondary N) is 1. The summed E-state index contributed by atoms with van der Waals surface area (Å²) in [7, 11) is 2.19. The molecule has 0 bridgehead atoms. The summed E-state index contributed by atoms with van der Waals surface area (Å²) < 4.78 is 2.27. The SMILES string of the molecule is CN1CCNCC1c1cn2c(N3CCCC3)cccc2n1. The van der Waals surface area contributed by atoms with Crippen molar-refractivity contribution in [1.29, 1.82) is 0 Å². The molecule has 1 N–H and O–H groups in total. The number of nitrogens with zero attached hydrogens (tertiary/aromatic N) is 4. The van der Waals surface area contributed by atoms with Gasteiger partial charge >= 0.3 is 0 Å². The van der Waals surface area contributed by atoms with E-state index in [4.69, 9.17) is 4.98 Å². The van der Waals surface area contributed by atoms with E-state index in [1.54, 1.807) is 0 Å². The van der Waals surface area contributed by atoms with Gasteiger partial charge < -0.3 is 10.2 Å². The molecule has 0 spiro atoms. The molecule has 2 fully saturated rings. The highest BCUT2D eigenvalue weighted by Gasteiger charge is 2.24. The number of rotatable bonds is 2. The zero-order valence-corrected chi connectivity index (χ0v) is 12.6. The van der Waals surface area contributed by atoms with Gasteiger partial charge in [-0.1, -0.05) is 6.07 Å². The number of fused-ring (bicyclic) bond motifs is 1. The van der Waals surface area contributed by atoms with Gasteiger partial charge in [0.1, 0.15) is 11.5 Å². The van der Waals surface area contributed by atoms with Crippen molar-refractivity contribution in [3.63, 3.8) is 0 Å². The third-order valence-electron chi connectivity index (χ3n) is 4.77. The molecule has 21 heavy (non-hydrogen) atoms. The summed E-state index contributed by atoms with van der Waals surface area (Å²) >= 11 is 0. The van der Waals surface area contributed by atoms with Crippen LogP contribution in [0.2, 0.25) is 0 Å². The number of piperazine rings is 1. The second-order valence-electron chi connectivity index (χ2n) is 6.17. The summed E-state index contributed by atoms with van der Waals surface area (Å²) in [6.45, 7) is 5.46. The van der Waals surface area contributed by atoms with E-state index in [0.717, 1.165) is 38.4 Å². The maximum atomic E-state index is 4.87. The number of hydrogen-bond acceptors (Lipinski definition) is 4. The van der Waals surface area contributed by atoms with E-state index in [9.17, 15) is 0 Å². The monoisotopic (exact) mass is 285 g/mol. The van der Waals surface area contributed by atoms with Crippen molar-refractivity contribution in [3.05, 3.63) is 30.1 Å². The lowest BCUT2D eigenvalue weighted by Gasteiger charge is -2.31. The highest BCUT2D eigenvalue weighted by atomic mass is 15.3. The Kier molecular flexibility index (Phi) is 3.31. The fourth-order valence-electron chi connectivity index (χ4n) is 3.52. The predicted octanol–water partition coefficient (Wildman–Crippen LogP) is 1.51. The zero-order chi connectivity index (χ0) is 14.2. The average Bonchev–Trinajstić information content (AvgIpc) is 3.16. The molecule has 2 aromatic rings. The van der Waals surface area contributed by atoms with Gasteiger partial charge in [0, 0.05) is 38.9 Å². The predicted molar refractivity (Wildman–Crippen MR) is 84.9 cm³/mol. The molecule has 0 saturated carbocycles. The standard InChI is InChI=1S/C16H23N5/c1-19-10-7-17-11-14(19)13-12-21-15(18-13)5-4-6-16(21)20-8-2-3-9-20/h4-6,12,14,17H,2-3,7-11H2,1H3. The van der Waals surface area contributed by atoms with Crippen LogP contribution in [0.4, 0.5) is 5.82 Å². The first kappa shape index (κ1) is 13.1. The molecule has 2 aromatic heterocycles. The fourth-order valence-corrected chi connectivity index (χ4v) is 3.52. The van der Waals surface area contributed by atoms with E-state index in [1.807, 2.05) is 0 Å². The summed E-state index contributed by atoms with van der Waals surface area (Å²) in [6, 6.07) is 6.83. The number of hydrogen-bond donors (Lipinski definition) is 1. The van der Waals surface area contributed by atoms with Crippen LogP contribution in [0, 0.1) is 0 Å². The van der Waals surface area contributed by atoms with E-state index < -0.39 is 0 Å². The molecule has 1 atom stereocenters. The van der Waals surface area contributed by atoms with Crippen molar-refractivity contribution < 1.29 is 0 Å². The van der Waals surface area contributed by atoms with E-state index in [1.165, 1.54) is 24.4 Å². The van der Waals surface area contributed by atoms with Crippen LogP contribution >= 0.6 is 0 Å². The third kappa shape index (κ3) is 2.30. The quantitative estimate of drug-likeness (QED) is 0.907. The van der Waals surface area contributed by atoms with Crippen molar-refractivity contribution in [2.75, 3.05) is 44.7 Å². The molecule has 112 valence electrons. The first-order chi connectivity index (χ1) is 10.3. The molecule has 1 unspecified atom stereocenters. The summed E-state index contributed by atoms with van der Waals surface area (Å²) in [6.07, 6.45) is 4.83. The molecule has 0 amide bonds. The molecule has 2 saturated heterocycles. The van der Waals surface area contributed by atoms with E-state index >= 15 is 0 Å². The Balaban J connectivity index is 1.73. The Labute approximate surface area is 125 Å². The van der Waals surface area contributed by atoms with Gasteiger partial charge in [0.15, 0.2) is 0 Å². The fraction of sp³-hybridized carbons (Fsp3) is 0.562. The zero-order valence-electron chi connectivity index (χ0n) is 12.6. The summed E-state index contributed by atoms with van der Waals surface area (Å²) in [5.74, 6) is 1.29. The Morgan fingerprint density at radius 1 is 1.19 bits per heavy atom. The van der Waals surface area contributed by atoms with Gasteiger partial charge in [-0.2, -0.15) is 0 Å². The molecule has 2 aliphatic rings. The van der Waals surface area contributed by atoms with E-state index in [0.29, 0.717) is 6.04 Å². The maximum Gasteiger partial charge on any atom is 0.138 e. The molecule has 0 radical (unpaired) electrons. The van der Waals surface area contributed by atoms with Crippen LogP contribution in [0.1, 0.15) is 24.6 Å². The van der Waals surface area contributed by atoms with Gasteiger partial charge in [-0.25, -0.2) is 4.98 Å². The van der Waals surface area contributed by atoms with Crippen molar-refractivity contribution in [1.82, 2.24) is 19.6 Å². The van der Waals surface area contributed by atoms with Crippen LogP contribution < -0.4 is 10.2 Å². The second-order valence-corrected chi connectivity index (χ2v) is 6.17. The molecule has 0 aliphatic carbocycles. The molecule has 2 aliphatic heterocycles. The van der Waals surface area contributed by atoms with E-state index in [2.05, 4.69) is 51.0 Å². The first-order valence-electron chi connectivity index (χ1n) is 7.97. The molecule has 5 heteroatoms. The van der Waals surface area contributed by atoms with Crippen LogP contribution in [0.25, 0.3) is 5.65 Å². The van der Waals surface area contributed by atoms with Gasteiger partial charge in [-0.15, -0.1) is 0 Å². The van der Waals surface area contributed by atoms with Gasteiger partial charge in [-0.3, -0.25) is 9.30 Å². The number of anilines is 1. The smallest absolute Gasteiger partial charge is 0.138 e. The average molecular weight is 285 g/mol. The Bertz CT molecular complexity index is 629. The minimum absolute atomic E-state index is 0.380. The Morgan fingerprint density at radius 3 is 2.86 bits per heavy atom.